The summed E-state index contributed by atoms with van der Waals surface area (Å²) in [5.41, 5.74) is -0.141. The van der Waals surface area contributed by atoms with Crippen LogP contribution < -0.4 is 5.32 Å². The summed E-state index contributed by atoms with van der Waals surface area (Å²) in [7, 11) is 0. The van der Waals surface area contributed by atoms with Gasteiger partial charge in [-0.2, -0.15) is 0 Å². The predicted octanol–water partition coefficient (Wildman–Crippen LogP) is 0.455. The summed E-state index contributed by atoms with van der Waals surface area (Å²) in [5.74, 6) is 0.185. The maximum atomic E-state index is 11.9. The van der Waals surface area contributed by atoms with Gasteiger partial charge < -0.3 is 10.2 Å². The van der Waals surface area contributed by atoms with Crippen molar-refractivity contribution in [3.05, 3.63) is 0 Å². The van der Waals surface area contributed by atoms with Crippen LogP contribution in [0.5, 0.6) is 0 Å². The standard InChI is InChI=1S/C13H25N3O2/c1-5-13(3,4)14-12(18)10-15-6-8-16(9-7-15)11(2)17/h5-10H2,1-4H3,(H,14,18). The monoisotopic (exact) mass is 255 g/mol. The van der Waals surface area contributed by atoms with Gasteiger partial charge in [0, 0.05) is 38.6 Å². The molecule has 1 N–H and O–H groups in total. The van der Waals surface area contributed by atoms with Crippen molar-refractivity contribution in [3.8, 4) is 0 Å². The molecule has 18 heavy (non-hydrogen) atoms. The third-order valence-corrected chi connectivity index (χ3v) is 3.55. The molecule has 1 heterocycles. The van der Waals surface area contributed by atoms with E-state index in [4.69, 9.17) is 0 Å². The highest BCUT2D eigenvalue weighted by Crippen LogP contribution is 2.07. The highest BCUT2D eigenvalue weighted by molar-refractivity contribution is 5.79. The maximum absolute atomic E-state index is 11.9. The molecule has 0 aromatic carbocycles. The molecule has 0 aromatic heterocycles. The molecule has 0 unspecified atom stereocenters. The minimum absolute atomic E-state index is 0.0677. The van der Waals surface area contributed by atoms with Crippen LogP contribution in [0, 0.1) is 0 Å². The average Bonchev–Trinajstić information content (AvgIpc) is 2.29. The zero-order valence-electron chi connectivity index (χ0n) is 12.0. The van der Waals surface area contributed by atoms with Gasteiger partial charge in [-0.25, -0.2) is 0 Å². The summed E-state index contributed by atoms with van der Waals surface area (Å²) >= 11 is 0. The van der Waals surface area contributed by atoms with Crippen LogP contribution in [0.2, 0.25) is 0 Å². The van der Waals surface area contributed by atoms with Gasteiger partial charge in [0.2, 0.25) is 11.8 Å². The van der Waals surface area contributed by atoms with E-state index in [-0.39, 0.29) is 17.4 Å². The summed E-state index contributed by atoms with van der Waals surface area (Å²) in [6.45, 7) is 11.1. The fourth-order valence-corrected chi connectivity index (χ4v) is 1.93. The maximum Gasteiger partial charge on any atom is 0.234 e. The number of nitrogens with one attached hydrogen (secondary N) is 1. The number of carbonyl (C=O) groups is 2. The van der Waals surface area contributed by atoms with Gasteiger partial charge in [-0.15, -0.1) is 0 Å². The van der Waals surface area contributed by atoms with Crippen molar-refractivity contribution >= 4 is 11.8 Å². The molecule has 1 rings (SSSR count). The second-order valence-electron chi connectivity index (χ2n) is 5.57. The van der Waals surface area contributed by atoms with Gasteiger partial charge in [0.15, 0.2) is 0 Å². The van der Waals surface area contributed by atoms with Gasteiger partial charge >= 0.3 is 0 Å². The quantitative estimate of drug-likeness (QED) is 0.794. The molecule has 0 saturated carbocycles. The summed E-state index contributed by atoms with van der Waals surface area (Å²) < 4.78 is 0. The minimum Gasteiger partial charge on any atom is -0.350 e. The molecule has 1 saturated heterocycles. The molecule has 0 bridgehead atoms. The lowest BCUT2D eigenvalue weighted by Crippen LogP contribution is -2.52. The molecule has 2 amide bonds. The Morgan fingerprint density at radius 3 is 2.17 bits per heavy atom. The van der Waals surface area contributed by atoms with E-state index in [1.165, 1.54) is 0 Å². The number of nitrogens with zero attached hydrogens (tertiary/aromatic N) is 2. The van der Waals surface area contributed by atoms with Gasteiger partial charge in [-0.1, -0.05) is 6.92 Å². The van der Waals surface area contributed by atoms with E-state index in [1.54, 1.807) is 6.92 Å². The molecule has 104 valence electrons. The van der Waals surface area contributed by atoms with Crippen molar-refractivity contribution in [1.82, 2.24) is 15.1 Å². The van der Waals surface area contributed by atoms with Crippen LogP contribution in [0.15, 0.2) is 0 Å². The van der Waals surface area contributed by atoms with Crippen LogP contribution >= 0.6 is 0 Å². The van der Waals surface area contributed by atoms with Crippen molar-refractivity contribution in [2.45, 2.75) is 39.7 Å². The van der Waals surface area contributed by atoms with Crippen LogP contribution in [0.25, 0.3) is 0 Å². The number of hydrogen-bond acceptors (Lipinski definition) is 3. The predicted molar refractivity (Wildman–Crippen MR) is 71.2 cm³/mol. The van der Waals surface area contributed by atoms with Crippen molar-refractivity contribution in [2.24, 2.45) is 0 Å². The third-order valence-electron chi connectivity index (χ3n) is 3.55. The average molecular weight is 255 g/mol. The number of hydrogen-bond donors (Lipinski definition) is 1. The van der Waals surface area contributed by atoms with Gasteiger partial charge in [-0.05, 0) is 20.3 Å². The molecule has 0 spiro atoms. The van der Waals surface area contributed by atoms with Crippen LogP contribution in [0.1, 0.15) is 34.1 Å². The molecule has 0 aromatic rings. The van der Waals surface area contributed by atoms with E-state index < -0.39 is 0 Å². The first kappa shape index (κ1) is 15.0. The molecule has 0 radical (unpaired) electrons. The van der Waals surface area contributed by atoms with E-state index in [0.717, 1.165) is 32.6 Å². The van der Waals surface area contributed by atoms with Crippen molar-refractivity contribution in [1.29, 1.82) is 0 Å². The first-order valence-electron chi connectivity index (χ1n) is 6.63. The zero-order chi connectivity index (χ0) is 13.8. The van der Waals surface area contributed by atoms with E-state index in [2.05, 4.69) is 17.1 Å². The molecule has 5 heteroatoms. The summed E-state index contributed by atoms with van der Waals surface area (Å²) in [6, 6.07) is 0. The Hall–Kier alpha value is -1.10. The van der Waals surface area contributed by atoms with Gasteiger partial charge in [0.25, 0.3) is 0 Å². The Kier molecular flexibility index (Phi) is 5.14. The van der Waals surface area contributed by atoms with E-state index >= 15 is 0 Å². The summed E-state index contributed by atoms with van der Waals surface area (Å²) in [4.78, 5) is 27.0. The number of amides is 2. The number of carbonyl (C=O) groups excluding carboxylic acids is 2. The number of piperazine rings is 1. The van der Waals surface area contributed by atoms with Crippen LogP contribution in [-0.4, -0.2) is 59.9 Å². The van der Waals surface area contributed by atoms with Crippen molar-refractivity contribution in [2.75, 3.05) is 32.7 Å². The van der Waals surface area contributed by atoms with Gasteiger partial charge in [0.1, 0.15) is 0 Å². The topological polar surface area (TPSA) is 52.7 Å². The van der Waals surface area contributed by atoms with Gasteiger partial charge in [-0.3, -0.25) is 14.5 Å². The second-order valence-corrected chi connectivity index (χ2v) is 5.57. The van der Waals surface area contributed by atoms with Crippen molar-refractivity contribution < 1.29 is 9.59 Å². The van der Waals surface area contributed by atoms with Crippen LogP contribution in [0.4, 0.5) is 0 Å². The zero-order valence-corrected chi connectivity index (χ0v) is 12.0. The van der Waals surface area contributed by atoms with Crippen molar-refractivity contribution in [3.63, 3.8) is 0 Å². The SMILES string of the molecule is CCC(C)(C)NC(=O)CN1CCN(C(C)=O)CC1. The highest BCUT2D eigenvalue weighted by atomic mass is 16.2. The fourth-order valence-electron chi connectivity index (χ4n) is 1.93. The second kappa shape index (κ2) is 6.18. The molecule has 1 aliphatic heterocycles. The first-order valence-corrected chi connectivity index (χ1v) is 6.63. The summed E-state index contributed by atoms with van der Waals surface area (Å²) in [6.07, 6.45) is 0.914. The smallest absolute Gasteiger partial charge is 0.234 e. The molecule has 0 atom stereocenters. The molecule has 1 aliphatic rings. The Morgan fingerprint density at radius 1 is 1.17 bits per heavy atom. The van der Waals surface area contributed by atoms with Crippen LogP contribution in [0.3, 0.4) is 0 Å². The molecule has 1 fully saturated rings. The van der Waals surface area contributed by atoms with Crippen LogP contribution in [-0.2, 0) is 9.59 Å². The normalized spacial score (nSPS) is 17.7. The molecular weight excluding hydrogens is 230 g/mol. The first-order chi connectivity index (χ1) is 8.34. The largest absolute Gasteiger partial charge is 0.350 e. The fraction of sp³-hybridized carbons (Fsp3) is 0.846. The molecule has 5 nitrogen and oxygen atoms in total. The molecule has 0 aliphatic carbocycles. The highest BCUT2D eigenvalue weighted by Gasteiger charge is 2.23. The lowest BCUT2D eigenvalue weighted by atomic mass is 10.0. The lowest BCUT2D eigenvalue weighted by Gasteiger charge is -2.34. The Balaban J connectivity index is 2.33. The summed E-state index contributed by atoms with van der Waals surface area (Å²) in [5, 5.41) is 3.03. The number of rotatable bonds is 4. The third kappa shape index (κ3) is 4.64. The minimum atomic E-state index is -0.141. The van der Waals surface area contributed by atoms with E-state index in [1.807, 2.05) is 18.7 Å². The van der Waals surface area contributed by atoms with E-state index in [9.17, 15) is 9.59 Å². The molecular formula is C13H25N3O2. The Bertz CT molecular complexity index is 307. The van der Waals surface area contributed by atoms with E-state index in [0.29, 0.717) is 6.54 Å². The Labute approximate surface area is 110 Å². The Morgan fingerprint density at radius 2 is 1.72 bits per heavy atom. The van der Waals surface area contributed by atoms with Gasteiger partial charge in [0.05, 0.1) is 6.54 Å². The lowest BCUT2D eigenvalue weighted by molar-refractivity contribution is -0.131.